The molecule has 6 N–H and O–H groups in total. The molecule has 1 amide bonds. The highest BCUT2D eigenvalue weighted by molar-refractivity contribution is 5.80. The number of carbonyl (C=O) groups is 2. The summed E-state index contributed by atoms with van der Waals surface area (Å²) in [4.78, 5) is 26.6. The lowest BCUT2D eigenvalue weighted by molar-refractivity contribution is -0.305. The average molecular weight is 1180 g/mol. The van der Waals surface area contributed by atoms with E-state index in [0.29, 0.717) is 12.8 Å². The summed E-state index contributed by atoms with van der Waals surface area (Å²) in [5.41, 5.74) is 0. The smallest absolute Gasteiger partial charge is 0.306 e. The Hall–Kier alpha value is -4.72. The second-order valence-corrected chi connectivity index (χ2v) is 22.1. The summed E-state index contributed by atoms with van der Waals surface area (Å²) in [7, 11) is 0. The molecule has 11 nitrogen and oxygen atoms in total. The number of aliphatic hydroxyl groups excluding tert-OH is 5. The lowest BCUT2D eigenvalue weighted by atomic mass is 9.99. The van der Waals surface area contributed by atoms with Gasteiger partial charge in [0.05, 0.1) is 25.4 Å². The van der Waals surface area contributed by atoms with E-state index in [1.807, 2.05) is 6.08 Å². The molecule has 11 heteroatoms. The van der Waals surface area contributed by atoms with E-state index in [-0.39, 0.29) is 19.4 Å². The maximum atomic E-state index is 13.5. The number of hydrogen-bond donors (Lipinski definition) is 6. The molecule has 0 aromatic heterocycles. The van der Waals surface area contributed by atoms with Crippen LogP contribution in [-0.4, -0.2) is 99.6 Å². The fraction of sp³-hybridized carbons (Fsp3) is 0.622. The number of ether oxygens (including phenoxy) is 3. The van der Waals surface area contributed by atoms with Crippen molar-refractivity contribution < 1.29 is 49.3 Å². The first-order chi connectivity index (χ1) is 41.7. The van der Waals surface area contributed by atoms with Crippen molar-refractivity contribution >= 4 is 11.9 Å². The molecule has 8 unspecified atom stereocenters. The first kappa shape index (κ1) is 78.3. The standard InChI is InChI=1S/C74H119NO10/c1-4-7-10-13-16-19-22-24-26-28-30-32-33-34-36-37-39-41-43-46-49-52-55-58-61-67(78)73(82)75-65(66(77)60-57-54-51-48-45-21-18-15-12-9-6-3)64-83-74-72(71(81)70(80)68(63-76)84-74)85-69(79)62-59-56-53-50-47-44-42-40-38-35-31-29-27-25-23-20-17-14-11-8-5-2/h7-8,10-11,16-17,19-20,24-27,30-32,34-36,39-42,47,50,57,60,65-68,70-72,74,76-78,80-81H,4-6,9,12-15,18,21-23,28-29,33,37-38,43-46,48-49,51-56,58-59,61-64H2,1-3H3,(H,75,82)/b10-7-,11-8-,19-16-,20-17-,26-24-,27-25-,32-30-,35-31-,36-34-,41-39-,42-40-,50-47-,60-57+. The van der Waals surface area contributed by atoms with Crippen molar-refractivity contribution in [2.75, 3.05) is 13.2 Å². The highest BCUT2D eigenvalue weighted by atomic mass is 16.7. The molecule has 1 heterocycles. The first-order valence-corrected chi connectivity index (χ1v) is 33.3. The van der Waals surface area contributed by atoms with Gasteiger partial charge in [-0.05, 0) is 128 Å². The van der Waals surface area contributed by atoms with Crippen LogP contribution < -0.4 is 5.32 Å². The molecule has 1 saturated heterocycles. The molecule has 85 heavy (non-hydrogen) atoms. The predicted molar refractivity (Wildman–Crippen MR) is 356 cm³/mol. The van der Waals surface area contributed by atoms with Crippen LogP contribution in [0.3, 0.4) is 0 Å². The minimum Gasteiger partial charge on any atom is -0.454 e. The van der Waals surface area contributed by atoms with Crippen LogP contribution in [0.25, 0.3) is 0 Å². The van der Waals surface area contributed by atoms with E-state index in [1.165, 1.54) is 38.5 Å². The Kier molecular flexibility index (Phi) is 54.9. The monoisotopic (exact) mass is 1180 g/mol. The van der Waals surface area contributed by atoms with Gasteiger partial charge in [0.25, 0.3) is 0 Å². The number of carbonyl (C=O) groups excluding carboxylic acids is 2. The Balaban J connectivity index is 2.67. The SMILES string of the molecule is CC/C=C\C/C=C\C/C=C\C/C=C\C/C=C\C/C=C\CCCCCCCC(O)C(=O)NC(COC1OC(CO)C(O)C(O)C1OC(=O)CCCC/C=C\C/C=C\C/C=C\C/C=C\C/C=C\C/C=C\CC)C(O)/C=C/CCCCCCCCCCC. The van der Waals surface area contributed by atoms with E-state index >= 15 is 0 Å². The fourth-order valence-electron chi connectivity index (χ4n) is 9.24. The van der Waals surface area contributed by atoms with Gasteiger partial charge < -0.3 is 45.1 Å². The summed E-state index contributed by atoms with van der Waals surface area (Å²) in [6.45, 7) is 5.51. The Morgan fingerprint density at radius 2 is 0.847 bits per heavy atom. The van der Waals surface area contributed by atoms with Gasteiger partial charge in [0.2, 0.25) is 5.91 Å². The van der Waals surface area contributed by atoms with E-state index in [2.05, 4.69) is 172 Å². The van der Waals surface area contributed by atoms with Gasteiger partial charge >= 0.3 is 5.97 Å². The molecule has 0 aromatic carbocycles. The normalized spacial score (nSPS) is 19.5. The van der Waals surface area contributed by atoms with Gasteiger partial charge in [-0.3, -0.25) is 9.59 Å². The zero-order valence-corrected chi connectivity index (χ0v) is 53.2. The second kappa shape index (κ2) is 59.6. The van der Waals surface area contributed by atoms with Crippen molar-refractivity contribution in [2.45, 2.75) is 282 Å². The molecule has 0 saturated carbocycles. The van der Waals surface area contributed by atoms with E-state index in [4.69, 9.17) is 14.2 Å². The van der Waals surface area contributed by atoms with Crippen molar-refractivity contribution in [2.24, 2.45) is 0 Å². The number of nitrogens with one attached hydrogen (secondary N) is 1. The molecule has 1 fully saturated rings. The quantitative estimate of drug-likeness (QED) is 0.0195. The van der Waals surface area contributed by atoms with Crippen LogP contribution in [0.4, 0.5) is 0 Å². The van der Waals surface area contributed by atoms with Crippen LogP contribution in [0, 0.1) is 0 Å². The Morgan fingerprint density at radius 3 is 1.27 bits per heavy atom. The lowest BCUT2D eigenvalue weighted by Gasteiger charge is -2.41. The second-order valence-electron chi connectivity index (χ2n) is 22.1. The van der Waals surface area contributed by atoms with Gasteiger partial charge in [-0.25, -0.2) is 0 Å². The number of rotatable bonds is 54. The van der Waals surface area contributed by atoms with Gasteiger partial charge in [-0.2, -0.15) is 0 Å². The van der Waals surface area contributed by atoms with Crippen LogP contribution >= 0.6 is 0 Å². The van der Waals surface area contributed by atoms with E-state index in [1.54, 1.807) is 6.08 Å². The average Bonchev–Trinajstić information content (AvgIpc) is 3.69. The Bertz CT molecular complexity index is 1990. The number of amides is 1. The highest BCUT2D eigenvalue weighted by Gasteiger charge is 2.47. The zero-order chi connectivity index (χ0) is 61.7. The van der Waals surface area contributed by atoms with Crippen molar-refractivity contribution in [1.82, 2.24) is 5.32 Å². The van der Waals surface area contributed by atoms with Crippen LogP contribution in [0.5, 0.6) is 0 Å². The first-order valence-electron chi connectivity index (χ1n) is 33.3. The third-order valence-corrected chi connectivity index (χ3v) is 14.4. The Morgan fingerprint density at radius 1 is 0.471 bits per heavy atom. The minimum atomic E-state index is -1.65. The molecule has 0 radical (unpaired) electrons. The van der Waals surface area contributed by atoms with Crippen molar-refractivity contribution in [3.8, 4) is 0 Å². The third kappa shape index (κ3) is 47.1. The zero-order valence-electron chi connectivity index (χ0n) is 53.2. The van der Waals surface area contributed by atoms with Crippen molar-refractivity contribution in [3.05, 3.63) is 158 Å². The molecule has 480 valence electrons. The van der Waals surface area contributed by atoms with Crippen molar-refractivity contribution in [3.63, 3.8) is 0 Å². The maximum Gasteiger partial charge on any atom is 0.306 e. The number of esters is 1. The van der Waals surface area contributed by atoms with Gasteiger partial charge in [0, 0.05) is 6.42 Å². The molecular weight excluding hydrogens is 1060 g/mol. The van der Waals surface area contributed by atoms with Crippen LogP contribution in [0.15, 0.2) is 158 Å². The van der Waals surface area contributed by atoms with Crippen LogP contribution in [0.1, 0.15) is 233 Å². The predicted octanol–water partition coefficient (Wildman–Crippen LogP) is 16.7. The molecular formula is C74H119NO10. The molecule has 1 aliphatic rings. The Labute approximate surface area is 517 Å². The molecule has 1 aliphatic heterocycles. The molecule has 1 rings (SSSR count). The molecule has 0 bridgehead atoms. The summed E-state index contributed by atoms with van der Waals surface area (Å²) >= 11 is 0. The third-order valence-electron chi connectivity index (χ3n) is 14.4. The number of aliphatic hydroxyl groups is 5. The number of unbranched alkanes of at least 4 members (excludes halogenated alkanes) is 16. The topological polar surface area (TPSA) is 175 Å². The molecule has 8 atom stereocenters. The van der Waals surface area contributed by atoms with Gasteiger partial charge in [0.1, 0.15) is 24.4 Å². The largest absolute Gasteiger partial charge is 0.454 e. The van der Waals surface area contributed by atoms with Gasteiger partial charge in [0.15, 0.2) is 12.4 Å². The van der Waals surface area contributed by atoms with Gasteiger partial charge in [-0.15, -0.1) is 0 Å². The molecule has 0 spiro atoms. The number of allylic oxidation sites excluding steroid dienone is 25. The van der Waals surface area contributed by atoms with Crippen LogP contribution in [-0.2, 0) is 23.8 Å². The van der Waals surface area contributed by atoms with E-state index < -0.39 is 67.4 Å². The van der Waals surface area contributed by atoms with Gasteiger partial charge in [-0.1, -0.05) is 256 Å². The maximum absolute atomic E-state index is 13.5. The molecule has 0 aromatic rings. The summed E-state index contributed by atoms with van der Waals surface area (Å²) in [6, 6.07) is -1.05. The van der Waals surface area contributed by atoms with Crippen LogP contribution in [0.2, 0.25) is 0 Å². The minimum absolute atomic E-state index is 0.0570. The summed E-state index contributed by atoms with van der Waals surface area (Å²) in [5.74, 6) is -1.27. The van der Waals surface area contributed by atoms with E-state index in [0.717, 1.165) is 148 Å². The summed E-state index contributed by atoms with van der Waals surface area (Å²) in [5, 5.41) is 57.1. The van der Waals surface area contributed by atoms with Crippen molar-refractivity contribution in [1.29, 1.82) is 0 Å². The fourth-order valence-corrected chi connectivity index (χ4v) is 9.24. The lowest BCUT2D eigenvalue weighted by Crippen LogP contribution is -2.61. The number of hydrogen-bond acceptors (Lipinski definition) is 10. The van der Waals surface area contributed by atoms with E-state index in [9.17, 15) is 35.1 Å². The highest BCUT2D eigenvalue weighted by Crippen LogP contribution is 2.26. The summed E-state index contributed by atoms with van der Waals surface area (Å²) < 4.78 is 17.6. The summed E-state index contributed by atoms with van der Waals surface area (Å²) in [6.07, 6.45) is 77.0. The molecule has 0 aliphatic carbocycles.